The summed E-state index contributed by atoms with van der Waals surface area (Å²) in [5.74, 6) is -0.403. The molecule has 12 nitrogen and oxygen atoms in total. The molecule has 46 heavy (non-hydrogen) atoms. The van der Waals surface area contributed by atoms with E-state index in [4.69, 9.17) is 10.8 Å². The van der Waals surface area contributed by atoms with Crippen LogP contribution in [0.25, 0.3) is 0 Å². The minimum atomic E-state index is -0.153. The van der Waals surface area contributed by atoms with Crippen LogP contribution in [0.1, 0.15) is 69.2 Å². The zero-order chi connectivity index (χ0) is 35.9. The van der Waals surface area contributed by atoms with Gasteiger partial charge in [0, 0.05) is 124 Å². The van der Waals surface area contributed by atoms with Gasteiger partial charge in [0.15, 0.2) is 0 Å². The molecule has 14 heteroatoms. The third-order valence-corrected chi connectivity index (χ3v) is 3.36. The number of aliphatic hydroxyl groups is 1. The molecule has 1 aliphatic rings. The molecule has 3 amide bonds. The van der Waals surface area contributed by atoms with Crippen molar-refractivity contribution in [1.29, 1.82) is 0 Å². The molecule has 0 spiro atoms. The van der Waals surface area contributed by atoms with Crippen molar-refractivity contribution < 1.29 is 89.6 Å². The number of carbonyl (C=O) groups excluding carboxylic acids is 3. The Balaban J connectivity index is -0.0000000548. The van der Waals surface area contributed by atoms with Crippen molar-refractivity contribution in [2.75, 3.05) is 58.9 Å². The van der Waals surface area contributed by atoms with E-state index in [1.807, 2.05) is 69.2 Å². The Hall–Kier alpha value is -0.532. The van der Waals surface area contributed by atoms with Gasteiger partial charge < -0.3 is 47.5 Å². The summed E-state index contributed by atoms with van der Waals surface area (Å²) in [6.07, 6.45) is 3.77. The number of hydrogen-bond acceptors (Lipinski definition) is 9. The van der Waals surface area contributed by atoms with Gasteiger partial charge in [0.25, 0.3) is 0 Å². The van der Waals surface area contributed by atoms with E-state index in [-0.39, 0.29) is 89.2 Å². The maximum absolute atomic E-state index is 10.7. The van der Waals surface area contributed by atoms with Gasteiger partial charge in [0.05, 0.1) is 13.2 Å². The second-order valence-corrected chi connectivity index (χ2v) is 6.94. The number of carbonyl (C=O) groups is 3. The second-order valence-electron chi connectivity index (χ2n) is 6.94. The fourth-order valence-corrected chi connectivity index (χ4v) is 1.73. The molecular formula is C32H70N7O5Y2-. The van der Waals surface area contributed by atoms with Crippen LogP contribution in [0.3, 0.4) is 0 Å². The smallest absolute Gasteiger partial charge is 0.243 e. The van der Waals surface area contributed by atoms with E-state index in [0.717, 1.165) is 39.3 Å². The summed E-state index contributed by atoms with van der Waals surface area (Å²) in [5.41, 5.74) is 5.23. The number of hydrogen-bond donors (Lipinski definition) is 8. The van der Waals surface area contributed by atoms with E-state index in [1.165, 1.54) is 18.2 Å². The molecule has 1 rings (SSSR count). The van der Waals surface area contributed by atoms with Gasteiger partial charge in [-0.1, -0.05) is 75.1 Å². The van der Waals surface area contributed by atoms with Crippen LogP contribution in [0.5, 0.6) is 0 Å². The molecule has 1 saturated heterocycles. The first-order valence-corrected chi connectivity index (χ1v) is 15.6. The van der Waals surface area contributed by atoms with Crippen LogP contribution >= 0.6 is 0 Å². The van der Waals surface area contributed by atoms with Crippen LogP contribution in [0.15, 0.2) is 38.0 Å². The number of aliphatic hydroxyl groups excluding tert-OH is 1. The number of ether oxygens (including phenoxy) is 1. The minimum absolute atomic E-state index is 0. The predicted octanol–water partition coefficient (Wildman–Crippen LogP) is 2.98. The van der Waals surface area contributed by atoms with Gasteiger partial charge in [-0.2, -0.15) is 0 Å². The van der Waals surface area contributed by atoms with E-state index in [0.29, 0.717) is 26.2 Å². The quantitative estimate of drug-likeness (QED) is 0.0475. The van der Waals surface area contributed by atoms with Crippen LogP contribution < -0.4 is 37.6 Å². The van der Waals surface area contributed by atoms with Crippen molar-refractivity contribution in [3.63, 3.8) is 0 Å². The third-order valence-electron chi connectivity index (χ3n) is 3.36. The van der Waals surface area contributed by atoms with Crippen molar-refractivity contribution in [3.05, 3.63) is 57.8 Å². The summed E-state index contributed by atoms with van der Waals surface area (Å²) in [4.78, 5) is 31.6. The van der Waals surface area contributed by atoms with E-state index in [2.05, 4.69) is 56.4 Å². The molecule has 0 saturated carbocycles. The predicted molar refractivity (Wildman–Crippen MR) is 189 cm³/mol. The molecule has 0 aromatic heterocycles. The minimum Gasteiger partial charge on any atom is -0.565 e. The molecule has 0 atom stereocenters. The van der Waals surface area contributed by atoms with Gasteiger partial charge in [-0.3, -0.25) is 14.4 Å². The SMILES string of the molecule is C=CC(=O)NC(C)C.C=CC(=O)NCCNCCN.C=CC(=O)NCCNCCNC[CH-]O.CC.CC.CC.CC.[CH+]1[CH-]O1.[Y].[Y]. The van der Waals surface area contributed by atoms with Crippen molar-refractivity contribution in [2.24, 2.45) is 5.73 Å². The third kappa shape index (κ3) is 104. The van der Waals surface area contributed by atoms with Crippen LogP contribution in [-0.4, -0.2) is 87.8 Å². The zero-order valence-electron chi connectivity index (χ0n) is 30.8. The van der Waals surface area contributed by atoms with Gasteiger partial charge in [0.2, 0.25) is 17.7 Å². The summed E-state index contributed by atoms with van der Waals surface area (Å²) in [5, 5.41) is 25.4. The Kier molecular flexibility index (Phi) is 110. The standard InChI is InChI=1S/C9H18N3O2.C7H15N3O.C6H11NO.C2H2O.4C2H6.2Y/c1-2-9(14)12-6-5-10-3-4-11-7-8-13;1-2-7(11)10-6-5-9-4-3-8;1-4-6(8)7-5(2)3;1-2-3-1;4*1-2;;/h2,8,10-11,13H,1,3-7H2,(H,12,14);2,9H,1,3-6,8H2,(H,10,11);4-5H,1H2,2-3H3,(H,7,8);1-2H;4*1-2H3;;/q-1;;;;;;;;;. The summed E-state index contributed by atoms with van der Waals surface area (Å²) < 4.78 is 4.25. The topological polar surface area (TPSA) is 182 Å². The molecule has 1 heterocycles. The van der Waals surface area contributed by atoms with Crippen LogP contribution in [0.4, 0.5) is 0 Å². The Morgan fingerprint density at radius 1 is 0.739 bits per heavy atom. The molecular weight excluding hydrogens is 740 g/mol. The van der Waals surface area contributed by atoms with Crippen LogP contribution in [-0.2, 0) is 84.5 Å². The first kappa shape index (κ1) is 67.6. The Morgan fingerprint density at radius 3 is 1.33 bits per heavy atom. The van der Waals surface area contributed by atoms with Crippen molar-refractivity contribution in [1.82, 2.24) is 31.9 Å². The fourth-order valence-electron chi connectivity index (χ4n) is 1.73. The Labute approximate surface area is 334 Å². The van der Waals surface area contributed by atoms with Crippen LogP contribution in [0, 0.1) is 19.8 Å². The van der Waals surface area contributed by atoms with Gasteiger partial charge in [-0.25, -0.2) is 6.61 Å². The molecule has 270 valence electrons. The second kappa shape index (κ2) is 75.0. The molecule has 1 fully saturated rings. The van der Waals surface area contributed by atoms with Gasteiger partial charge in [0.1, 0.15) is 0 Å². The van der Waals surface area contributed by atoms with E-state index < -0.39 is 0 Å². The molecule has 0 aromatic rings. The van der Waals surface area contributed by atoms with Crippen molar-refractivity contribution >= 4 is 17.7 Å². The molecule has 9 N–H and O–H groups in total. The summed E-state index contributed by atoms with van der Waals surface area (Å²) in [6.45, 7) is 40.3. The maximum Gasteiger partial charge on any atom is 0.243 e. The molecule has 0 aliphatic carbocycles. The average molecular weight is 811 g/mol. The van der Waals surface area contributed by atoms with Crippen molar-refractivity contribution in [3.8, 4) is 0 Å². The molecule has 0 unspecified atom stereocenters. The van der Waals surface area contributed by atoms with E-state index >= 15 is 0 Å². The molecule has 0 bridgehead atoms. The Morgan fingerprint density at radius 2 is 1.07 bits per heavy atom. The van der Waals surface area contributed by atoms with Gasteiger partial charge in [-0.05, 0) is 32.1 Å². The van der Waals surface area contributed by atoms with Crippen LogP contribution in [0.2, 0.25) is 0 Å². The van der Waals surface area contributed by atoms with Crippen molar-refractivity contribution in [2.45, 2.75) is 75.3 Å². The average Bonchev–Trinajstić information content (AvgIpc) is 3.96. The van der Waals surface area contributed by atoms with E-state index in [1.54, 1.807) is 13.2 Å². The maximum atomic E-state index is 10.7. The number of amides is 3. The number of nitrogens with one attached hydrogen (secondary N) is 6. The van der Waals surface area contributed by atoms with Gasteiger partial charge in [-0.15, -0.1) is 6.54 Å². The van der Waals surface area contributed by atoms with Gasteiger partial charge >= 0.3 is 0 Å². The van der Waals surface area contributed by atoms with E-state index in [9.17, 15) is 14.4 Å². The Bertz CT molecular complexity index is 586. The fraction of sp³-hybridized carbons (Fsp3) is 0.625. The number of rotatable bonds is 17. The summed E-state index contributed by atoms with van der Waals surface area (Å²) in [6, 6.07) is 0.209. The summed E-state index contributed by atoms with van der Waals surface area (Å²) in [7, 11) is 0. The number of nitrogens with two attached hydrogens (primary N) is 1. The summed E-state index contributed by atoms with van der Waals surface area (Å²) >= 11 is 0. The largest absolute Gasteiger partial charge is 0.565 e. The molecule has 2 radical (unpaired) electrons. The normalized spacial score (nSPS) is 8.63. The first-order chi connectivity index (χ1) is 21.3. The number of epoxide rings is 1. The molecule has 1 aliphatic heterocycles. The first-order valence-electron chi connectivity index (χ1n) is 15.6. The monoisotopic (exact) mass is 810 g/mol. The molecule has 0 aromatic carbocycles. The zero-order valence-corrected chi connectivity index (χ0v) is 36.5.